The van der Waals surface area contributed by atoms with Crippen LogP contribution in [-0.4, -0.2) is 29.3 Å². The first kappa shape index (κ1) is 24.5. The zero-order valence-corrected chi connectivity index (χ0v) is 20.0. The molecule has 0 aliphatic carbocycles. The summed E-state index contributed by atoms with van der Waals surface area (Å²) in [5.74, 6) is 0.0746. The molecule has 0 aliphatic rings. The van der Waals surface area contributed by atoms with E-state index in [2.05, 4.69) is 19.2 Å². The third kappa shape index (κ3) is 7.76. The highest BCUT2D eigenvalue weighted by Gasteiger charge is 2.30. The van der Waals surface area contributed by atoms with Crippen LogP contribution in [0.3, 0.4) is 0 Å². The van der Waals surface area contributed by atoms with Crippen molar-refractivity contribution >= 4 is 23.4 Å². The lowest BCUT2D eigenvalue weighted by molar-refractivity contribution is -0.140. The molecule has 0 saturated heterocycles. The van der Waals surface area contributed by atoms with Crippen molar-refractivity contribution in [2.75, 3.05) is 6.54 Å². The van der Waals surface area contributed by atoms with Gasteiger partial charge in [0, 0.05) is 24.5 Å². The molecule has 1 atom stereocenters. The Hall–Kier alpha value is -3.11. The number of nitrogens with one attached hydrogen (secondary N) is 1. The molecule has 3 aromatic rings. The molecule has 3 aromatic carbocycles. The molecule has 0 spiro atoms. The maximum Gasteiger partial charge on any atom is 0.243 e. The standard InChI is InChI=1S/C28H31ClN2O2/c1-21(2)19-30-28(33)26(17-22-10-5-3-6-11-22)31(20-24-14-9-15-25(29)16-24)27(32)18-23-12-7-4-8-13-23/h3-16,21,26H,17-20H2,1-2H3,(H,30,33)/t26-/m0/s1. The number of carbonyl (C=O) groups excluding carboxylic acids is 2. The normalized spacial score (nSPS) is 11.8. The van der Waals surface area contributed by atoms with Crippen LogP contribution in [0.25, 0.3) is 0 Å². The minimum absolute atomic E-state index is 0.0956. The SMILES string of the molecule is CC(C)CNC(=O)[C@H](Cc1ccccc1)N(Cc1cccc(Cl)c1)C(=O)Cc1ccccc1. The van der Waals surface area contributed by atoms with Gasteiger partial charge < -0.3 is 10.2 Å². The summed E-state index contributed by atoms with van der Waals surface area (Å²) in [6, 6.07) is 26.2. The zero-order chi connectivity index (χ0) is 23.6. The van der Waals surface area contributed by atoms with Gasteiger partial charge in [0.2, 0.25) is 11.8 Å². The Balaban J connectivity index is 1.94. The van der Waals surface area contributed by atoms with Gasteiger partial charge in [-0.3, -0.25) is 9.59 Å². The van der Waals surface area contributed by atoms with Gasteiger partial charge >= 0.3 is 0 Å². The molecule has 4 nitrogen and oxygen atoms in total. The van der Waals surface area contributed by atoms with E-state index in [9.17, 15) is 9.59 Å². The molecule has 3 rings (SSSR count). The van der Waals surface area contributed by atoms with Gasteiger partial charge in [-0.15, -0.1) is 0 Å². The van der Waals surface area contributed by atoms with Crippen LogP contribution < -0.4 is 5.32 Å². The van der Waals surface area contributed by atoms with Crippen molar-refractivity contribution in [1.82, 2.24) is 10.2 Å². The maximum atomic E-state index is 13.6. The number of amides is 2. The summed E-state index contributed by atoms with van der Waals surface area (Å²) < 4.78 is 0. The first-order valence-corrected chi connectivity index (χ1v) is 11.7. The number of carbonyl (C=O) groups is 2. The van der Waals surface area contributed by atoms with Gasteiger partial charge in [-0.05, 0) is 34.7 Å². The van der Waals surface area contributed by atoms with Crippen LogP contribution in [0, 0.1) is 5.92 Å². The van der Waals surface area contributed by atoms with E-state index in [1.165, 1.54) is 0 Å². The lowest BCUT2D eigenvalue weighted by Gasteiger charge is -2.32. The first-order valence-electron chi connectivity index (χ1n) is 11.3. The quantitative estimate of drug-likeness (QED) is 0.444. The van der Waals surface area contributed by atoms with Crippen molar-refractivity contribution in [3.63, 3.8) is 0 Å². The molecule has 2 amide bonds. The molecule has 0 unspecified atom stereocenters. The van der Waals surface area contributed by atoms with Crippen LogP contribution in [0.4, 0.5) is 0 Å². The fraction of sp³-hybridized carbons (Fsp3) is 0.286. The smallest absolute Gasteiger partial charge is 0.243 e. The van der Waals surface area contributed by atoms with Gasteiger partial charge in [0.05, 0.1) is 6.42 Å². The van der Waals surface area contributed by atoms with E-state index in [1.54, 1.807) is 11.0 Å². The summed E-state index contributed by atoms with van der Waals surface area (Å²) in [5, 5.41) is 3.64. The van der Waals surface area contributed by atoms with Crippen molar-refractivity contribution in [3.05, 3.63) is 107 Å². The lowest BCUT2D eigenvalue weighted by atomic mass is 10.0. The van der Waals surface area contributed by atoms with Gasteiger partial charge in [0.15, 0.2) is 0 Å². The Morgan fingerprint density at radius 1 is 0.848 bits per heavy atom. The number of benzene rings is 3. The average Bonchev–Trinajstić information content (AvgIpc) is 2.81. The number of rotatable bonds is 10. The topological polar surface area (TPSA) is 49.4 Å². The Kier molecular flexibility index (Phi) is 9.08. The Labute approximate surface area is 201 Å². The summed E-state index contributed by atoms with van der Waals surface area (Å²) in [6.07, 6.45) is 0.663. The molecular weight excluding hydrogens is 432 g/mol. The first-order chi connectivity index (χ1) is 15.9. The van der Waals surface area contributed by atoms with Crippen LogP contribution >= 0.6 is 11.6 Å². The van der Waals surface area contributed by atoms with E-state index in [0.717, 1.165) is 16.7 Å². The summed E-state index contributed by atoms with van der Waals surface area (Å²) in [4.78, 5) is 28.7. The second kappa shape index (κ2) is 12.2. The fourth-order valence-corrected chi connectivity index (χ4v) is 3.89. The molecule has 0 heterocycles. The van der Waals surface area contributed by atoms with E-state index in [4.69, 9.17) is 11.6 Å². The maximum absolute atomic E-state index is 13.6. The van der Waals surface area contributed by atoms with Gasteiger partial charge in [-0.25, -0.2) is 0 Å². The van der Waals surface area contributed by atoms with Crippen LogP contribution in [0.5, 0.6) is 0 Å². The van der Waals surface area contributed by atoms with E-state index >= 15 is 0 Å². The largest absolute Gasteiger partial charge is 0.354 e. The fourth-order valence-electron chi connectivity index (χ4n) is 3.68. The van der Waals surface area contributed by atoms with E-state index in [1.807, 2.05) is 78.9 Å². The molecule has 0 saturated carbocycles. The van der Waals surface area contributed by atoms with E-state index < -0.39 is 6.04 Å². The van der Waals surface area contributed by atoms with Crippen molar-refractivity contribution in [1.29, 1.82) is 0 Å². The minimum Gasteiger partial charge on any atom is -0.354 e. The summed E-state index contributed by atoms with van der Waals surface area (Å²) in [7, 11) is 0. The molecule has 0 aliphatic heterocycles. The van der Waals surface area contributed by atoms with Crippen molar-refractivity contribution in [3.8, 4) is 0 Å². The molecule has 0 fully saturated rings. The molecule has 0 radical (unpaired) electrons. The Bertz CT molecular complexity index is 1040. The number of nitrogens with zero attached hydrogens (tertiary/aromatic N) is 1. The molecule has 0 bridgehead atoms. The average molecular weight is 463 g/mol. The van der Waals surface area contributed by atoms with Crippen molar-refractivity contribution in [2.24, 2.45) is 5.92 Å². The summed E-state index contributed by atoms with van der Waals surface area (Å²) in [6.45, 7) is 4.97. The van der Waals surface area contributed by atoms with Gasteiger partial charge in [0.25, 0.3) is 0 Å². The molecular formula is C28H31ClN2O2. The molecule has 1 N–H and O–H groups in total. The predicted octanol–water partition coefficient (Wildman–Crippen LogP) is 5.29. The van der Waals surface area contributed by atoms with Crippen LogP contribution in [0.2, 0.25) is 5.02 Å². The second-order valence-electron chi connectivity index (χ2n) is 8.66. The number of hydrogen-bond donors (Lipinski definition) is 1. The number of halogens is 1. The summed E-state index contributed by atoms with van der Waals surface area (Å²) >= 11 is 6.21. The molecule has 0 aromatic heterocycles. The van der Waals surface area contributed by atoms with Crippen LogP contribution in [0.1, 0.15) is 30.5 Å². The van der Waals surface area contributed by atoms with Gasteiger partial charge in [0.1, 0.15) is 6.04 Å². The van der Waals surface area contributed by atoms with Crippen molar-refractivity contribution in [2.45, 2.75) is 39.3 Å². The van der Waals surface area contributed by atoms with E-state index in [0.29, 0.717) is 30.5 Å². The van der Waals surface area contributed by atoms with Crippen LogP contribution in [0.15, 0.2) is 84.9 Å². The third-order valence-corrected chi connectivity index (χ3v) is 5.63. The number of hydrogen-bond acceptors (Lipinski definition) is 2. The minimum atomic E-state index is -0.638. The Morgan fingerprint density at radius 3 is 2.06 bits per heavy atom. The predicted molar refractivity (Wildman–Crippen MR) is 134 cm³/mol. The zero-order valence-electron chi connectivity index (χ0n) is 19.2. The highest BCUT2D eigenvalue weighted by molar-refractivity contribution is 6.30. The Morgan fingerprint density at radius 2 is 1.45 bits per heavy atom. The van der Waals surface area contributed by atoms with Crippen molar-refractivity contribution < 1.29 is 9.59 Å². The monoisotopic (exact) mass is 462 g/mol. The third-order valence-electron chi connectivity index (χ3n) is 5.40. The molecule has 5 heteroatoms. The highest BCUT2D eigenvalue weighted by atomic mass is 35.5. The van der Waals surface area contributed by atoms with Gasteiger partial charge in [-0.2, -0.15) is 0 Å². The molecule has 172 valence electrons. The van der Waals surface area contributed by atoms with Crippen LogP contribution in [-0.2, 0) is 29.0 Å². The van der Waals surface area contributed by atoms with Gasteiger partial charge in [-0.1, -0.05) is 98.2 Å². The lowest BCUT2D eigenvalue weighted by Crippen LogP contribution is -2.51. The summed E-state index contributed by atoms with van der Waals surface area (Å²) in [5.41, 5.74) is 2.81. The highest BCUT2D eigenvalue weighted by Crippen LogP contribution is 2.19. The van der Waals surface area contributed by atoms with E-state index in [-0.39, 0.29) is 18.2 Å². The molecule has 33 heavy (non-hydrogen) atoms. The second-order valence-corrected chi connectivity index (χ2v) is 9.09.